The van der Waals surface area contributed by atoms with Gasteiger partial charge < -0.3 is 5.11 Å². The maximum Gasteiger partial charge on any atom is 0.339 e. The van der Waals surface area contributed by atoms with Gasteiger partial charge in [-0.25, -0.2) is 4.79 Å². The Balaban J connectivity index is 3.04. The fourth-order valence-electron chi connectivity index (χ4n) is 1.15. The first-order valence-corrected chi connectivity index (χ1v) is 4.20. The molecule has 14 heavy (non-hydrogen) atoms. The van der Waals surface area contributed by atoms with Crippen molar-refractivity contribution < 1.29 is 9.90 Å². The lowest BCUT2D eigenvalue weighted by Gasteiger charge is -1.92. The van der Waals surface area contributed by atoms with E-state index in [9.17, 15) is 4.79 Å². The van der Waals surface area contributed by atoms with Gasteiger partial charge in [0.1, 0.15) is 5.56 Å². The summed E-state index contributed by atoms with van der Waals surface area (Å²) in [5, 5.41) is 13.0. The van der Waals surface area contributed by atoms with E-state index in [1.54, 1.807) is 16.8 Å². The van der Waals surface area contributed by atoms with Crippen LogP contribution < -0.4 is 0 Å². The molecule has 4 nitrogen and oxygen atoms in total. The number of hydrogen-bond donors (Lipinski definition) is 1. The molecular formula is C10H12N2O2. The van der Waals surface area contributed by atoms with Gasteiger partial charge in [0.15, 0.2) is 0 Å². The van der Waals surface area contributed by atoms with Crippen molar-refractivity contribution >= 4 is 5.97 Å². The number of hydrogen-bond acceptors (Lipinski definition) is 2. The molecule has 0 aliphatic carbocycles. The first kappa shape index (κ1) is 10.2. The molecule has 0 fully saturated rings. The van der Waals surface area contributed by atoms with Gasteiger partial charge in [0.25, 0.3) is 0 Å². The minimum absolute atomic E-state index is 0.228. The standard InChI is InChI=1S/C10H12N2O2/c1-3-5-9-8(10(13)14)7-12(11-9)6-4-2/h3-4,7H,1-2,5-6H2,(H,13,14). The molecule has 4 heteroatoms. The molecule has 0 aliphatic rings. The first-order valence-electron chi connectivity index (χ1n) is 4.20. The summed E-state index contributed by atoms with van der Waals surface area (Å²) in [5.41, 5.74) is 0.765. The van der Waals surface area contributed by atoms with E-state index < -0.39 is 5.97 Å². The Kier molecular flexibility index (Phi) is 3.23. The summed E-state index contributed by atoms with van der Waals surface area (Å²) in [6, 6.07) is 0. The highest BCUT2D eigenvalue weighted by atomic mass is 16.4. The lowest BCUT2D eigenvalue weighted by molar-refractivity contribution is 0.0696. The molecule has 1 N–H and O–H groups in total. The summed E-state index contributed by atoms with van der Waals surface area (Å²) in [4.78, 5) is 10.8. The van der Waals surface area contributed by atoms with E-state index in [0.29, 0.717) is 18.7 Å². The number of carboxylic acids is 1. The Morgan fingerprint density at radius 1 is 1.57 bits per heavy atom. The second kappa shape index (κ2) is 4.41. The normalized spacial score (nSPS) is 9.71. The molecular weight excluding hydrogens is 180 g/mol. The monoisotopic (exact) mass is 192 g/mol. The van der Waals surface area contributed by atoms with Gasteiger partial charge in [-0.05, 0) is 0 Å². The molecule has 74 valence electrons. The van der Waals surface area contributed by atoms with Gasteiger partial charge in [0.2, 0.25) is 0 Å². The van der Waals surface area contributed by atoms with Crippen molar-refractivity contribution in [1.29, 1.82) is 0 Å². The lowest BCUT2D eigenvalue weighted by atomic mass is 10.2. The summed E-state index contributed by atoms with van der Waals surface area (Å²) in [6.07, 6.45) is 5.26. The topological polar surface area (TPSA) is 55.1 Å². The van der Waals surface area contributed by atoms with Crippen LogP contribution in [-0.2, 0) is 13.0 Å². The van der Waals surface area contributed by atoms with Crippen molar-refractivity contribution in [2.24, 2.45) is 0 Å². The number of aromatic nitrogens is 2. The third-order valence-electron chi connectivity index (χ3n) is 1.72. The SMILES string of the molecule is C=CCc1nn(CC=C)cc1C(=O)O. The van der Waals surface area contributed by atoms with E-state index in [1.807, 2.05) is 0 Å². The third kappa shape index (κ3) is 2.10. The molecule has 0 spiro atoms. The number of rotatable bonds is 5. The van der Waals surface area contributed by atoms with Crippen LogP contribution >= 0.6 is 0 Å². The summed E-state index contributed by atoms with van der Waals surface area (Å²) in [6.45, 7) is 7.62. The highest BCUT2D eigenvalue weighted by Gasteiger charge is 2.13. The van der Waals surface area contributed by atoms with Gasteiger partial charge in [-0.15, -0.1) is 13.2 Å². The van der Waals surface area contributed by atoms with Crippen LogP contribution in [0, 0.1) is 0 Å². The molecule has 0 radical (unpaired) electrons. The van der Waals surface area contributed by atoms with Crippen LogP contribution in [0.5, 0.6) is 0 Å². The molecule has 0 unspecified atom stereocenters. The van der Waals surface area contributed by atoms with Crippen LogP contribution in [-0.4, -0.2) is 20.9 Å². The highest BCUT2D eigenvalue weighted by molar-refractivity contribution is 5.88. The van der Waals surface area contributed by atoms with E-state index >= 15 is 0 Å². The molecule has 0 amide bonds. The Bertz CT molecular complexity index is 366. The van der Waals surface area contributed by atoms with Gasteiger partial charge >= 0.3 is 5.97 Å². The summed E-state index contributed by atoms with van der Waals surface area (Å²) in [7, 11) is 0. The summed E-state index contributed by atoms with van der Waals surface area (Å²) in [5.74, 6) is -0.961. The molecule has 1 heterocycles. The zero-order chi connectivity index (χ0) is 10.6. The third-order valence-corrected chi connectivity index (χ3v) is 1.72. The maximum absolute atomic E-state index is 10.8. The average Bonchev–Trinajstić information content (AvgIpc) is 2.49. The van der Waals surface area contributed by atoms with Crippen LogP contribution in [0.2, 0.25) is 0 Å². The molecule has 0 saturated heterocycles. The van der Waals surface area contributed by atoms with Crippen LogP contribution in [0.15, 0.2) is 31.5 Å². The van der Waals surface area contributed by atoms with Gasteiger partial charge in [0.05, 0.1) is 12.2 Å². The van der Waals surface area contributed by atoms with Crippen molar-refractivity contribution in [3.63, 3.8) is 0 Å². The van der Waals surface area contributed by atoms with Gasteiger partial charge in [-0.1, -0.05) is 12.2 Å². The molecule has 1 aromatic rings. The Labute approximate surface area is 82.2 Å². The van der Waals surface area contributed by atoms with Crippen molar-refractivity contribution in [1.82, 2.24) is 9.78 Å². The second-order valence-electron chi connectivity index (χ2n) is 2.80. The fraction of sp³-hybridized carbons (Fsp3) is 0.200. The van der Waals surface area contributed by atoms with Crippen molar-refractivity contribution in [3.8, 4) is 0 Å². The van der Waals surface area contributed by atoms with Crippen LogP contribution in [0.3, 0.4) is 0 Å². The van der Waals surface area contributed by atoms with E-state index in [-0.39, 0.29) is 5.56 Å². The van der Waals surface area contributed by atoms with Crippen molar-refractivity contribution in [2.45, 2.75) is 13.0 Å². The van der Waals surface area contributed by atoms with Gasteiger partial charge in [-0.3, -0.25) is 4.68 Å². The first-order chi connectivity index (χ1) is 6.69. The molecule has 0 bridgehead atoms. The Morgan fingerprint density at radius 2 is 2.29 bits per heavy atom. The molecule has 1 rings (SSSR count). The van der Waals surface area contributed by atoms with E-state index in [1.165, 1.54) is 6.20 Å². The minimum Gasteiger partial charge on any atom is -0.478 e. The number of nitrogens with zero attached hydrogens (tertiary/aromatic N) is 2. The predicted molar refractivity (Wildman–Crippen MR) is 53.3 cm³/mol. The molecule has 1 aromatic heterocycles. The van der Waals surface area contributed by atoms with Crippen LogP contribution in [0.25, 0.3) is 0 Å². The smallest absolute Gasteiger partial charge is 0.339 e. The van der Waals surface area contributed by atoms with Gasteiger partial charge in [-0.2, -0.15) is 5.10 Å². The number of allylic oxidation sites excluding steroid dienone is 2. The van der Waals surface area contributed by atoms with E-state index in [4.69, 9.17) is 5.11 Å². The molecule has 0 saturated carbocycles. The van der Waals surface area contributed by atoms with Gasteiger partial charge in [0, 0.05) is 12.6 Å². The maximum atomic E-state index is 10.8. The van der Waals surface area contributed by atoms with Crippen molar-refractivity contribution in [3.05, 3.63) is 42.8 Å². The van der Waals surface area contributed by atoms with Crippen molar-refractivity contribution in [2.75, 3.05) is 0 Å². The second-order valence-corrected chi connectivity index (χ2v) is 2.80. The predicted octanol–water partition coefficient (Wildman–Crippen LogP) is 1.50. The number of aromatic carboxylic acids is 1. The highest BCUT2D eigenvalue weighted by Crippen LogP contribution is 2.08. The molecule has 0 aliphatic heterocycles. The van der Waals surface area contributed by atoms with Crippen LogP contribution in [0.1, 0.15) is 16.1 Å². The van der Waals surface area contributed by atoms with E-state index in [0.717, 1.165) is 0 Å². The summed E-state index contributed by atoms with van der Waals surface area (Å²) >= 11 is 0. The molecule has 0 aromatic carbocycles. The van der Waals surface area contributed by atoms with Crippen LogP contribution in [0.4, 0.5) is 0 Å². The lowest BCUT2D eigenvalue weighted by Crippen LogP contribution is -1.98. The Hall–Kier alpha value is -1.84. The zero-order valence-electron chi connectivity index (χ0n) is 7.81. The quantitative estimate of drug-likeness (QED) is 0.719. The van der Waals surface area contributed by atoms with E-state index in [2.05, 4.69) is 18.3 Å². The largest absolute Gasteiger partial charge is 0.478 e. The minimum atomic E-state index is -0.961. The number of carbonyl (C=O) groups is 1. The zero-order valence-corrected chi connectivity index (χ0v) is 7.81. The average molecular weight is 192 g/mol. The summed E-state index contributed by atoms with van der Waals surface area (Å²) < 4.78 is 1.55. The Morgan fingerprint density at radius 3 is 2.79 bits per heavy atom. The fourth-order valence-corrected chi connectivity index (χ4v) is 1.15. The number of carboxylic acid groups (broad SMARTS) is 1. The molecule has 0 atom stereocenters.